The molecule has 0 atom stereocenters. The van der Waals surface area contributed by atoms with Gasteiger partial charge in [-0.2, -0.15) is 13.2 Å². The van der Waals surface area contributed by atoms with Gasteiger partial charge in [-0.05, 0) is 30.3 Å². The van der Waals surface area contributed by atoms with E-state index in [0.29, 0.717) is 98.2 Å². The fraction of sp³-hybridized carbons (Fsp3) is 0.594. The number of anilines is 2. The van der Waals surface area contributed by atoms with Crippen molar-refractivity contribution in [1.82, 2.24) is 0 Å². The minimum absolute atomic E-state index is 0.00437. The second-order valence-corrected chi connectivity index (χ2v) is 9.47. The van der Waals surface area contributed by atoms with Crippen LogP contribution in [0.2, 0.25) is 0 Å². The maximum atomic E-state index is 13.0. The molecule has 15 heteroatoms. The third-order valence-corrected chi connectivity index (χ3v) is 5.90. The van der Waals surface area contributed by atoms with Crippen LogP contribution >= 0.6 is 0 Å². The van der Waals surface area contributed by atoms with Crippen molar-refractivity contribution in [1.29, 1.82) is 0 Å². The van der Waals surface area contributed by atoms with Crippen LogP contribution in [0.15, 0.2) is 48.5 Å². The molecule has 0 saturated heterocycles. The van der Waals surface area contributed by atoms with Gasteiger partial charge in [0.25, 0.3) is 0 Å². The molecular weight excluding hydrogens is 634 g/mol. The molecule has 0 spiro atoms. The van der Waals surface area contributed by atoms with Crippen LogP contribution in [0.5, 0.6) is 0 Å². The second kappa shape index (κ2) is 26.1. The van der Waals surface area contributed by atoms with Crippen LogP contribution in [0, 0.1) is 0 Å². The molecule has 0 aliphatic carbocycles. The van der Waals surface area contributed by atoms with Crippen molar-refractivity contribution in [2.75, 3.05) is 124 Å². The zero-order valence-electron chi connectivity index (χ0n) is 26.4. The van der Waals surface area contributed by atoms with Gasteiger partial charge >= 0.3 is 12.1 Å². The number of ether oxygens (including phenoxy) is 9. The lowest BCUT2D eigenvalue weighted by molar-refractivity contribution is -0.137. The number of para-hydroxylation sites is 1. The molecule has 0 aliphatic heterocycles. The molecule has 1 N–H and O–H groups in total. The summed E-state index contributed by atoms with van der Waals surface area (Å²) in [6.07, 6.45) is -4.48. The summed E-state index contributed by atoms with van der Waals surface area (Å²) in [5, 5.41) is 2.85. The summed E-state index contributed by atoms with van der Waals surface area (Å²) >= 11 is 0. The lowest BCUT2D eigenvalue weighted by Crippen LogP contribution is -2.16. The van der Waals surface area contributed by atoms with E-state index in [0.717, 1.165) is 12.1 Å². The summed E-state index contributed by atoms with van der Waals surface area (Å²) in [6.45, 7) is 5.47. The van der Waals surface area contributed by atoms with Gasteiger partial charge in [0.05, 0.1) is 123 Å². The normalized spacial score (nSPS) is 11.6. The summed E-state index contributed by atoms with van der Waals surface area (Å²) in [6, 6.07) is 11.1. The molecule has 2 rings (SSSR count). The van der Waals surface area contributed by atoms with Crippen molar-refractivity contribution >= 4 is 17.3 Å². The van der Waals surface area contributed by atoms with Gasteiger partial charge < -0.3 is 47.9 Å². The molecule has 266 valence electrons. The van der Waals surface area contributed by atoms with Crippen LogP contribution in [0.4, 0.5) is 28.9 Å². The van der Waals surface area contributed by atoms with Crippen LogP contribution < -0.4 is 5.32 Å². The van der Waals surface area contributed by atoms with Gasteiger partial charge in [0.2, 0.25) is 0 Å². The van der Waals surface area contributed by atoms with Crippen LogP contribution in [-0.4, -0.2) is 125 Å². The smallest absolute Gasteiger partial charge is 0.416 e. The van der Waals surface area contributed by atoms with E-state index in [2.05, 4.69) is 5.32 Å². The number of alkyl halides is 4. The molecule has 0 aliphatic rings. The maximum Gasteiger partial charge on any atom is 0.416 e. The highest BCUT2D eigenvalue weighted by Gasteiger charge is 2.30. The van der Waals surface area contributed by atoms with Gasteiger partial charge in [0, 0.05) is 5.69 Å². The second-order valence-electron chi connectivity index (χ2n) is 9.47. The van der Waals surface area contributed by atoms with Gasteiger partial charge in [-0.15, -0.1) is 0 Å². The van der Waals surface area contributed by atoms with E-state index in [4.69, 9.17) is 42.6 Å². The number of hydrogen-bond acceptors (Lipinski definition) is 11. The third-order valence-electron chi connectivity index (χ3n) is 5.90. The Morgan fingerprint density at radius 3 is 1.43 bits per heavy atom. The van der Waals surface area contributed by atoms with E-state index >= 15 is 0 Å². The minimum Gasteiger partial charge on any atom is -0.460 e. The van der Waals surface area contributed by atoms with Crippen LogP contribution in [0.3, 0.4) is 0 Å². The molecule has 0 radical (unpaired) electrons. The first-order valence-corrected chi connectivity index (χ1v) is 15.3. The summed E-state index contributed by atoms with van der Waals surface area (Å²) < 4.78 is 98.8. The van der Waals surface area contributed by atoms with E-state index in [1.165, 1.54) is 18.2 Å². The fourth-order valence-corrected chi connectivity index (χ4v) is 3.67. The molecule has 2 aromatic rings. The monoisotopic (exact) mass is 679 g/mol. The van der Waals surface area contributed by atoms with E-state index < -0.39 is 24.4 Å². The molecule has 0 aromatic heterocycles. The summed E-state index contributed by atoms with van der Waals surface area (Å²) in [4.78, 5) is 12.5. The number of carbonyl (C=O) groups is 1. The predicted octanol–water partition coefficient (Wildman–Crippen LogP) is 4.71. The maximum absolute atomic E-state index is 13.0. The minimum atomic E-state index is -4.48. The van der Waals surface area contributed by atoms with Crippen LogP contribution in [-0.2, 0) is 48.8 Å². The molecule has 11 nitrogen and oxygen atoms in total. The Morgan fingerprint density at radius 2 is 0.979 bits per heavy atom. The van der Waals surface area contributed by atoms with Crippen molar-refractivity contribution in [3.63, 3.8) is 0 Å². The first-order chi connectivity index (χ1) is 22.9. The highest BCUT2D eigenvalue weighted by molar-refractivity contribution is 5.96. The number of rotatable bonds is 29. The Morgan fingerprint density at radius 1 is 0.553 bits per heavy atom. The largest absolute Gasteiger partial charge is 0.460 e. The molecule has 0 bridgehead atoms. The number of carbonyl (C=O) groups excluding carboxylic acids is 1. The molecule has 0 heterocycles. The fourth-order valence-electron chi connectivity index (χ4n) is 3.67. The number of hydrogen-bond donors (Lipinski definition) is 1. The van der Waals surface area contributed by atoms with Crippen molar-refractivity contribution in [2.24, 2.45) is 0 Å². The Bertz CT molecular complexity index is 1080. The van der Waals surface area contributed by atoms with E-state index in [-0.39, 0.29) is 31.1 Å². The van der Waals surface area contributed by atoms with E-state index in [1.54, 1.807) is 18.2 Å². The number of benzene rings is 2. The molecule has 0 fully saturated rings. The van der Waals surface area contributed by atoms with Gasteiger partial charge in [0.1, 0.15) is 13.3 Å². The quantitative estimate of drug-likeness (QED) is 0.0734. The van der Waals surface area contributed by atoms with Gasteiger partial charge in [-0.3, -0.25) is 0 Å². The third kappa shape index (κ3) is 20.2. The first-order valence-electron chi connectivity index (χ1n) is 15.3. The summed E-state index contributed by atoms with van der Waals surface area (Å²) in [5.41, 5.74) is -0.101. The SMILES string of the molecule is O=C(OCCOCCOCCOCCOCCOCCOCCOCCOCCF)c1ccccc1Nc1cccc(C(F)(F)F)c1. The van der Waals surface area contributed by atoms with Crippen molar-refractivity contribution in [3.05, 3.63) is 59.7 Å². The zero-order valence-corrected chi connectivity index (χ0v) is 26.4. The topological polar surface area (TPSA) is 112 Å². The predicted molar refractivity (Wildman–Crippen MR) is 164 cm³/mol. The molecule has 0 amide bonds. The van der Waals surface area contributed by atoms with Crippen molar-refractivity contribution in [3.8, 4) is 0 Å². The van der Waals surface area contributed by atoms with E-state index in [9.17, 15) is 22.4 Å². The standard InChI is InChI=1S/C32H45F4NO10/c33-8-9-39-10-11-40-12-13-41-14-15-42-16-17-43-18-19-44-20-21-45-22-23-46-24-25-47-31(38)29-6-1-2-7-30(29)37-28-5-3-4-27(26-28)32(34,35)36/h1-7,26,37H,8-25H2. The van der Waals surface area contributed by atoms with Gasteiger partial charge in [-0.1, -0.05) is 18.2 Å². The Kier molecular flexibility index (Phi) is 22.4. The average Bonchev–Trinajstić information content (AvgIpc) is 3.06. The van der Waals surface area contributed by atoms with Gasteiger partial charge in [0.15, 0.2) is 0 Å². The summed E-state index contributed by atoms with van der Waals surface area (Å²) in [7, 11) is 0. The molecule has 2 aromatic carbocycles. The van der Waals surface area contributed by atoms with Crippen molar-refractivity contribution < 1.29 is 65.0 Å². The lowest BCUT2D eigenvalue weighted by Gasteiger charge is -2.13. The van der Waals surface area contributed by atoms with E-state index in [1.807, 2.05) is 0 Å². The molecule has 0 unspecified atom stereocenters. The summed E-state index contributed by atoms with van der Waals surface area (Å²) in [5.74, 6) is -0.632. The highest BCUT2D eigenvalue weighted by Crippen LogP contribution is 2.32. The number of halogens is 4. The average molecular weight is 680 g/mol. The molecule has 47 heavy (non-hydrogen) atoms. The number of nitrogens with one attached hydrogen (secondary N) is 1. The van der Waals surface area contributed by atoms with Gasteiger partial charge in [-0.25, -0.2) is 9.18 Å². The number of esters is 1. The Hall–Kier alpha value is -2.89. The highest BCUT2D eigenvalue weighted by atomic mass is 19.4. The molecule has 0 saturated carbocycles. The Balaban J connectivity index is 1.37. The lowest BCUT2D eigenvalue weighted by atomic mass is 10.1. The first kappa shape index (κ1) is 40.3. The van der Waals surface area contributed by atoms with Crippen LogP contribution in [0.25, 0.3) is 0 Å². The Labute approximate surface area is 272 Å². The van der Waals surface area contributed by atoms with Crippen LogP contribution in [0.1, 0.15) is 15.9 Å². The molecular formula is C32H45F4NO10. The zero-order chi connectivity index (χ0) is 33.8. The van der Waals surface area contributed by atoms with Crippen molar-refractivity contribution in [2.45, 2.75) is 6.18 Å².